The van der Waals surface area contributed by atoms with Crippen LogP contribution in [-0.2, 0) is 4.79 Å². The molecule has 0 unspecified atom stereocenters. The van der Waals surface area contributed by atoms with Gasteiger partial charge in [-0.15, -0.1) is 0 Å². The molecule has 1 aromatic carbocycles. The zero-order valence-electron chi connectivity index (χ0n) is 7.92. The average molecular weight is 199 g/mol. The minimum atomic E-state index is 0.584. The van der Waals surface area contributed by atoms with Gasteiger partial charge in [0.25, 0.3) is 0 Å². The summed E-state index contributed by atoms with van der Waals surface area (Å²) in [5.41, 5.74) is 8.57. The number of carbonyl (C=O) groups is 1. The quantitative estimate of drug-likeness (QED) is 0.451. The lowest BCUT2D eigenvalue weighted by Crippen LogP contribution is -1.93. The van der Waals surface area contributed by atoms with Crippen LogP contribution < -0.4 is 5.73 Å². The molecule has 0 radical (unpaired) electrons. The van der Waals surface area contributed by atoms with Crippen LogP contribution in [0, 0.1) is 0 Å². The van der Waals surface area contributed by atoms with Crippen LogP contribution >= 0.6 is 0 Å². The third-order valence-electron chi connectivity index (χ3n) is 2.05. The van der Waals surface area contributed by atoms with E-state index in [4.69, 9.17) is 5.73 Å². The minimum absolute atomic E-state index is 0.584. The largest absolute Gasteiger partial charge is 0.398 e. The fourth-order valence-corrected chi connectivity index (χ4v) is 1.38. The maximum atomic E-state index is 10.3. The molecule has 0 aliphatic carbocycles. The highest BCUT2D eigenvalue weighted by molar-refractivity contribution is 5.92. The van der Waals surface area contributed by atoms with Gasteiger partial charge in [-0.1, -0.05) is 0 Å². The second-order valence-electron chi connectivity index (χ2n) is 2.99. The van der Waals surface area contributed by atoms with Gasteiger partial charge in [0, 0.05) is 23.6 Å². The molecule has 0 aliphatic heterocycles. The van der Waals surface area contributed by atoms with Crippen LogP contribution in [0.15, 0.2) is 30.6 Å². The second-order valence-corrected chi connectivity index (χ2v) is 2.99. The Hall–Kier alpha value is -2.23. The average Bonchev–Trinajstić information content (AvgIpc) is 2.28. The zero-order valence-corrected chi connectivity index (χ0v) is 7.92. The van der Waals surface area contributed by atoms with Gasteiger partial charge in [0.1, 0.15) is 6.29 Å². The standard InChI is InChI=1S/C11H9N3O/c12-9-3-4-10-11(14-6-5-13-10)8(9)2-1-7-15/h1-7H,12H2. The van der Waals surface area contributed by atoms with Gasteiger partial charge in [-0.2, -0.15) is 0 Å². The minimum Gasteiger partial charge on any atom is -0.398 e. The molecule has 0 spiro atoms. The Kier molecular flexibility index (Phi) is 2.41. The number of nitrogen functional groups attached to an aromatic ring is 1. The topological polar surface area (TPSA) is 68.9 Å². The Bertz CT molecular complexity index is 534. The Labute approximate surface area is 86.5 Å². The molecular formula is C11H9N3O. The first-order valence-corrected chi connectivity index (χ1v) is 4.44. The maximum absolute atomic E-state index is 10.3. The SMILES string of the molecule is Nc1ccc2nccnc2c1C=CC=O. The van der Waals surface area contributed by atoms with Crippen LogP contribution in [-0.4, -0.2) is 16.3 Å². The Morgan fingerprint density at radius 3 is 2.80 bits per heavy atom. The number of rotatable bonds is 2. The number of hydrogen-bond acceptors (Lipinski definition) is 4. The van der Waals surface area contributed by atoms with Gasteiger partial charge >= 0.3 is 0 Å². The molecule has 0 bridgehead atoms. The third kappa shape index (κ3) is 1.69. The van der Waals surface area contributed by atoms with E-state index in [-0.39, 0.29) is 0 Å². The summed E-state index contributed by atoms with van der Waals surface area (Å²) < 4.78 is 0. The summed E-state index contributed by atoms with van der Waals surface area (Å²) in [5, 5.41) is 0. The first-order chi connectivity index (χ1) is 7.33. The first-order valence-electron chi connectivity index (χ1n) is 4.44. The van der Waals surface area contributed by atoms with Crippen molar-refractivity contribution in [3.05, 3.63) is 36.2 Å². The maximum Gasteiger partial charge on any atom is 0.142 e. The smallest absolute Gasteiger partial charge is 0.142 e. The normalized spacial score (nSPS) is 10.9. The van der Waals surface area contributed by atoms with Crippen LogP contribution in [0.1, 0.15) is 5.56 Å². The van der Waals surface area contributed by atoms with Gasteiger partial charge in [0.15, 0.2) is 0 Å². The van der Waals surface area contributed by atoms with Crippen LogP contribution in [0.2, 0.25) is 0 Å². The zero-order chi connectivity index (χ0) is 10.7. The molecule has 15 heavy (non-hydrogen) atoms. The van der Waals surface area contributed by atoms with Gasteiger partial charge in [-0.3, -0.25) is 14.8 Å². The van der Waals surface area contributed by atoms with E-state index in [1.54, 1.807) is 30.6 Å². The summed E-state index contributed by atoms with van der Waals surface area (Å²) in [6.07, 6.45) is 6.94. The Morgan fingerprint density at radius 1 is 1.20 bits per heavy atom. The van der Waals surface area contributed by atoms with Crippen LogP contribution in [0.3, 0.4) is 0 Å². The summed E-state index contributed by atoms with van der Waals surface area (Å²) in [6.45, 7) is 0. The molecule has 0 saturated carbocycles. The number of anilines is 1. The molecule has 2 N–H and O–H groups in total. The number of aromatic nitrogens is 2. The molecule has 0 atom stereocenters. The van der Waals surface area contributed by atoms with Crippen LogP contribution in [0.5, 0.6) is 0 Å². The number of hydrogen-bond donors (Lipinski definition) is 1. The summed E-state index contributed by atoms with van der Waals surface area (Å²) >= 11 is 0. The van der Waals surface area contributed by atoms with E-state index >= 15 is 0 Å². The van der Waals surface area contributed by atoms with E-state index in [0.29, 0.717) is 17.5 Å². The summed E-state index contributed by atoms with van der Waals surface area (Å²) in [5.74, 6) is 0. The lowest BCUT2D eigenvalue weighted by molar-refractivity contribution is -0.104. The number of carbonyl (C=O) groups excluding carboxylic acids is 1. The van der Waals surface area contributed by atoms with Crippen molar-refractivity contribution < 1.29 is 4.79 Å². The summed E-state index contributed by atoms with van der Waals surface area (Å²) in [7, 11) is 0. The molecule has 4 nitrogen and oxygen atoms in total. The number of fused-ring (bicyclic) bond motifs is 1. The van der Waals surface area contributed by atoms with Crippen molar-refractivity contribution in [1.29, 1.82) is 0 Å². The van der Waals surface area contributed by atoms with Crippen molar-refractivity contribution in [3.63, 3.8) is 0 Å². The highest BCUT2D eigenvalue weighted by atomic mass is 16.1. The first kappa shape index (κ1) is 9.33. The molecule has 0 saturated heterocycles. The van der Waals surface area contributed by atoms with E-state index in [2.05, 4.69) is 9.97 Å². The van der Waals surface area contributed by atoms with Crippen molar-refractivity contribution in [3.8, 4) is 0 Å². The Morgan fingerprint density at radius 2 is 2.00 bits per heavy atom. The lowest BCUT2D eigenvalue weighted by Gasteiger charge is -2.03. The fraction of sp³-hybridized carbons (Fsp3) is 0. The summed E-state index contributed by atoms with van der Waals surface area (Å²) in [6, 6.07) is 3.55. The number of nitrogens with zero attached hydrogens (tertiary/aromatic N) is 2. The van der Waals surface area contributed by atoms with Crippen molar-refractivity contribution in [2.24, 2.45) is 0 Å². The highest BCUT2D eigenvalue weighted by Crippen LogP contribution is 2.21. The van der Waals surface area contributed by atoms with Crippen LogP contribution in [0.25, 0.3) is 17.1 Å². The molecule has 74 valence electrons. The monoisotopic (exact) mass is 199 g/mol. The fourth-order valence-electron chi connectivity index (χ4n) is 1.38. The van der Waals surface area contributed by atoms with E-state index in [9.17, 15) is 4.79 Å². The molecule has 0 fully saturated rings. The molecule has 1 aromatic heterocycles. The third-order valence-corrected chi connectivity index (χ3v) is 2.05. The van der Waals surface area contributed by atoms with E-state index in [0.717, 1.165) is 11.1 Å². The number of aldehydes is 1. The van der Waals surface area contributed by atoms with E-state index in [1.807, 2.05) is 0 Å². The van der Waals surface area contributed by atoms with Crippen molar-refractivity contribution >= 4 is 29.1 Å². The number of allylic oxidation sites excluding steroid dienone is 1. The predicted octanol–water partition coefficient (Wildman–Crippen LogP) is 1.42. The van der Waals surface area contributed by atoms with Crippen LogP contribution in [0.4, 0.5) is 5.69 Å². The highest BCUT2D eigenvalue weighted by Gasteiger charge is 2.03. The van der Waals surface area contributed by atoms with Gasteiger partial charge in [-0.25, -0.2) is 0 Å². The van der Waals surface area contributed by atoms with Gasteiger partial charge in [0.05, 0.1) is 11.0 Å². The van der Waals surface area contributed by atoms with Crippen molar-refractivity contribution in [2.75, 3.05) is 5.73 Å². The number of nitrogens with two attached hydrogens (primary N) is 1. The lowest BCUT2D eigenvalue weighted by atomic mass is 10.1. The molecule has 1 heterocycles. The molecule has 2 rings (SSSR count). The van der Waals surface area contributed by atoms with Gasteiger partial charge in [0.2, 0.25) is 0 Å². The van der Waals surface area contributed by atoms with E-state index < -0.39 is 0 Å². The van der Waals surface area contributed by atoms with Crippen molar-refractivity contribution in [2.45, 2.75) is 0 Å². The predicted molar refractivity (Wildman–Crippen MR) is 59.0 cm³/mol. The number of benzene rings is 1. The van der Waals surface area contributed by atoms with E-state index in [1.165, 1.54) is 6.08 Å². The Balaban J connectivity index is 2.73. The second kappa shape index (κ2) is 3.88. The molecule has 0 amide bonds. The van der Waals surface area contributed by atoms with Crippen molar-refractivity contribution in [1.82, 2.24) is 9.97 Å². The summed E-state index contributed by atoms with van der Waals surface area (Å²) in [4.78, 5) is 18.6. The van der Waals surface area contributed by atoms with Gasteiger partial charge < -0.3 is 5.73 Å². The molecule has 4 heteroatoms. The molecule has 0 aliphatic rings. The molecule has 2 aromatic rings. The van der Waals surface area contributed by atoms with Gasteiger partial charge in [-0.05, 0) is 24.3 Å². The molecular weight excluding hydrogens is 190 g/mol.